The number of carbonyl (C=O) groups is 1. The van der Waals surface area contributed by atoms with Gasteiger partial charge < -0.3 is 9.53 Å². The van der Waals surface area contributed by atoms with Crippen molar-refractivity contribution in [3.63, 3.8) is 0 Å². The maximum absolute atomic E-state index is 11.5. The molecule has 1 saturated heterocycles. The van der Waals surface area contributed by atoms with Crippen LogP contribution in [0.3, 0.4) is 0 Å². The second kappa shape index (κ2) is 8.19. The normalized spacial score (nSPS) is 21.0. The summed E-state index contributed by atoms with van der Waals surface area (Å²) in [6.07, 6.45) is 0.643. The zero-order valence-corrected chi connectivity index (χ0v) is 18.3. The van der Waals surface area contributed by atoms with E-state index in [2.05, 4.69) is 69.3 Å². The Kier molecular flexibility index (Phi) is 6.08. The number of carboxylic acids is 1. The van der Waals surface area contributed by atoms with Gasteiger partial charge in [0.15, 0.2) is 0 Å². The number of hydrogen-bond acceptors (Lipinski definition) is 3. The summed E-state index contributed by atoms with van der Waals surface area (Å²) in [6, 6.07) is 20.7. The third-order valence-electron chi connectivity index (χ3n) is 5.87. The highest BCUT2D eigenvalue weighted by Crippen LogP contribution is 2.37. The number of carboxylic acid groups (broad SMARTS) is 1. The van der Waals surface area contributed by atoms with E-state index in [1.807, 2.05) is 24.1 Å². The van der Waals surface area contributed by atoms with Crippen molar-refractivity contribution in [3.8, 4) is 0 Å². The molecule has 5 heteroatoms. The molecule has 1 aliphatic heterocycles. The maximum atomic E-state index is 11.5. The summed E-state index contributed by atoms with van der Waals surface area (Å²) in [6.45, 7) is 8.14. The molecule has 150 valence electrons. The van der Waals surface area contributed by atoms with E-state index in [4.69, 9.17) is 4.43 Å². The molecule has 2 unspecified atom stereocenters. The Bertz CT molecular complexity index is 749. The van der Waals surface area contributed by atoms with Crippen LogP contribution in [0.2, 0.25) is 5.04 Å². The standard InChI is InChI=1S/C23H31NO3Si/c1-23(2,3)28(19-11-7-5-8-12-19,20-13-9-6-10-14-20)27-17-18-15-21(22(25)26)24(4)16-18/h5-14,18,21H,15-17H2,1-4H3,(H,25,26). The van der Waals surface area contributed by atoms with E-state index in [1.54, 1.807) is 0 Å². The lowest BCUT2D eigenvalue weighted by molar-refractivity contribution is -0.141. The quantitative estimate of drug-likeness (QED) is 0.762. The van der Waals surface area contributed by atoms with Crippen molar-refractivity contribution in [3.05, 3.63) is 60.7 Å². The Morgan fingerprint density at radius 3 is 1.96 bits per heavy atom. The molecule has 3 rings (SSSR count). The lowest BCUT2D eigenvalue weighted by atomic mass is 10.1. The van der Waals surface area contributed by atoms with Crippen LogP contribution in [0.4, 0.5) is 0 Å². The fourth-order valence-corrected chi connectivity index (χ4v) is 9.16. The second-order valence-corrected chi connectivity index (χ2v) is 13.2. The Hall–Kier alpha value is -1.95. The van der Waals surface area contributed by atoms with Gasteiger partial charge in [0.05, 0.1) is 0 Å². The monoisotopic (exact) mass is 397 g/mol. The molecule has 0 saturated carbocycles. The molecule has 28 heavy (non-hydrogen) atoms. The summed E-state index contributed by atoms with van der Waals surface area (Å²) in [7, 11) is -0.664. The van der Waals surface area contributed by atoms with E-state index in [0.29, 0.717) is 13.0 Å². The van der Waals surface area contributed by atoms with Gasteiger partial charge in [-0.05, 0) is 34.8 Å². The number of benzene rings is 2. The zero-order valence-electron chi connectivity index (χ0n) is 17.3. The number of aliphatic carboxylic acids is 1. The van der Waals surface area contributed by atoms with Gasteiger partial charge in [-0.15, -0.1) is 0 Å². The summed E-state index contributed by atoms with van der Waals surface area (Å²) in [5.41, 5.74) is 0. The van der Waals surface area contributed by atoms with Crippen LogP contribution in [0.5, 0.6) is 0 Å². The number of rotatable bonds is 6. The molecular formula is C23H31NO3Si. The smallest absolute Gasteiger partial charge is 0.320 e. The zero-order chi connectivity index (χ0) is 20.4. The minimum atomic E-state index is -2.55. The van der Waals surface area contributed by atoms with Gasteiger partial charge >= 0.3 is 5.97 Å². The molecule has 0 aromatic heterocycles. The molecule has 2 aromatic carbocycles. The van der Waals surface area contributed by atoms with Gasteiger partial charge in [0, 0.05) is 13.2 Å². The Morgan fingerprint density at radius 1 is 1.07 bits per heavy atom. The number of nitrogens with zero attached hydrogens (tertiary/aromatic N) is 1. The van der Waals surface area contributed by atoms with Gasteiger partial charge in [-0.2, -0.15) is 0 Å². The summed E-state index contributed by atoms with van der Waals surface area (Å²) in [5, 5.41) is 11.9. The first kappa shape index (κ1) is 20.8. The fraction of sp³-hybridized carbons (Fsp3) is 0.435. The van der Waals surface area contributed by atoms with Crippen molar-refractivity contribution >= 4 is 24.7 Å². The lowest BCUT2D eigenvalue weighted by Crippen LogP contribution is -2.67. The van der Waals surface area contributed by atoms with Crippen LogP contribution in [-0.4, -0.2) is 50.5 Å². The van der Waals surface area contributed by atoms with Gasteiger partial charge in [-0.1, -0.05) is 81.4 Å². The molecule has 2 atom stereocenters. The van der Waals surface area contributed by atoms with Gasteiger partial charge in [0.25, 0.3) is 8.32 Å². The Morgan fingerprint density at radius 2 is 1.57 bits per heavy atom. The molecule has 0 aliphatic carbocycles. The van der Waals surface area contributed by atoms with Gasteiger partial charge in [0.1, 0.15) is 6.04 Å². The molecule has 1 N–H and O–H groups in total. The first-order chi connectivity index (χ1) is 13.3. The minimum absolute atomic E-state index is 0.0631. The van der Waals surface area contributed by atoms with Crippen molar-refractivity contribution in [2.45, 2.75) is 38.3 Å². The molecule has 0 radical (unpaired) electrons. The lowest BCUT2D eigenvalue weighted by Gasteiger charge is -2.43. The third kappa shape index (κ3) is 3.92. The minimum Gasteiger partial charge on any atom is -0.480 e. The van der Waals surface area contributed by atoms with Crippen LogP contribution < -0.4 is 10.4 Å². The van der Waals surface area contributed by atoms with Crippen LogP contribution in [0, 0.1) is 5.92 Å². The van der Waals surface area contributed by atoms with Gasteiger partial charge in [-0.3, -0.25) is 9.69 Å². The molecular weight excluding hydrogens is 366 g/mol. The van der Waals surface area contributed by atoms with Crippen molar-refractivity contribution < 1.29 is 14.3 Å². The first-order valence-corrected chi connectivity index (χ1v) is 11.8. The number of likely N-dealkylation sites (tertiary alicyclic amines) is 1. The van der Waals surface area contributed by atoms with Crippen LogP contribution in [0.15, 0.2) is 60.7 Å². The predicted octanol–water partition coefficient (Wildman–Crippen LogP) is 2.97. The average Bonchev–Trinajstić information content (AvgIpc) is 3.04. The van der Waals surface area contributed by atoms with E-state index in [0.717, 1.165) is 6.54 Å². The highest BCUT2D eigenvalue weighted by atomic mass is 28.4. The van der Waals surface area contributed by atoms with Crippen molar-refractivity contribution in [1.29, 1.82) is 0 Å². The van der Waals surface area contributed by atoms with Crippen molar-refractivity contribution in [2.24, 2.45) is 5.92 Å². The van der Waals surface area contributed by atoms with E-state index in [1.165, 1.54) is 10.4 Å². The summed E-state index contributed by atoms with van der Waals surface area (Å²) >= 11 is 0. The largest absolute Gasteiger partial charge is 0.480 e. The van der Waals surface area contributed by atoms with Crippen LogP contribution in [0.25, 0.3) is 0 Å². The van der Waals surface area contributed by atoms with Crippen molar-refractivity contribution in [2.75, 3.05) is 20.2 Å². The first-order valence-electron chi connectivity index (χ1n) is 9.94. The van der Waals surface area contributed by atoms with E-state index >= 15 is 0 Å². The molecule has 1 aliphatic rings. The summed E-state index contributed by atoms with van der Waals surface area (Å²) in [4.78, 5) is 13.4. The molecule has 0 spiro atoms. The van der Waals surface area contributed by atoms with E-state index in [-0.39, 0.29) is 11.0 Å². The fourth-order valence-electron chi connectivity index (χ4n) is 4.52. The van der Waals surface area contributed by atoms with Crippen LogP contribution in [-0.2, 0) is 9.22 Å². The number of likely N-dealkylation sites (N-methyl/N-ethyl adjacent to an activating group) is 1. The molecule has 0 bridgehead atoms. The average molecular weight is 398 g/mol. The molecule has 4 nitrogen and oxygen atoms in total. The SMILES string of the molecule is CN1CC(CO[Si](c2ccccc2)(c2ccccc2)C(C)(C)C)CC1C(=O)O. The highest BCUT2D eigenvalue weighted by molar-refractivity contribution is 6.99. The maximum Gasteiger partial charge on any atom is 0.320 e. The van der Waals surface area contributed by atoms with Crippen LogP contribution in [0.1, 0.15) is 27.2 Å². The molecule has 2 aromatic rings. The van der Waals surface area contributed by atoms with E-state index < -0.39 is 20.3 Å². The van der Waals surface area contributed by atoms with Crippen molar-refractivity contribution in [1.82, 2.24) is 4.90 Å². The molecule has 1 heterocycles. The van der Waals surface area contributed by atoms with Gasteiger partial charge in [0.2, 0.25) is 0 Å². The summed E-state index contributed by atoms with van der Waals surface area (Å²) < 4.78 is 6.95. The Balaban J connectivity index is 1.97. The Labute approximate surface area is 169 Å². The predicted molar refractivity (Wildman–Crippen MR) is 116 cm³/mol. The van der Waals surface area contributed by atoms with Gasteiger partial charge in [-0.25, -0.2) is 0 Å². The molecule has 0 amide bonds. The summed E-state index contributed by atoms with van der Waals surface area (Å²) in [5.74, 6) is -0.511. The highest BCUT2D eigenvalue weighted by Gasteiger charge is 2.50. The molecule has 1 fully saturated rings. The third-order valence-corrected chi connectivity index (χ3v) is 10.9. The van der Waals surface area contributed by atoms with Crippen LogP contribution >= 0.6 is 0 Å². The second-order valence-electron chi connectivity index (χ2n) is 8.87. The number of hydrogen-bond donors (Lipinski definition) is 1. The topological polar surface area (TPSA) is 49.8 Å². The van der Waals surface area contributed by atoms with E-state index in [9.17, 15) is 9.90 Å².